The molecule has 0 bridgehead atoms. The average Bonchev–Trinajstić information content (AvgIpc) is 2.38. The quantitative estimate of drug-likeness (QED) is 0.881. The standard InChI is InChI=1S/C16H26N2O/c1-12(2)18-10-14-7-8-17-11-16(14)19-15-6-4-5-13(3)9-15/h7-8,11-13,15,18H,4-6,9-10H2,1-3H3. The molecule has 2 atom stereocenters. The second kappa shape index (κ2) is 6.90. The van der Waals surface area contributed by atoms with Crippen molar-refractivity contribution in [2.75, 3.05) is 0 Å². The molecule has 1 aromatic heterocycles. The molecule has 0 radical (unpaired) electrons. The van der Waals surface area contributed by atoms with Crippen LogP contribution in [0.2, 0.25) is 0 Å². The first-order chi connectivity index (χ1) is 9.15. The summed E-state index contributed by atoms with van der Waals surface area (Å²) >= 11 is 0. The summed E-state index contributed by atoms with van der Waals surface area (Å²) in [6, 6.07) is 2.53. The van der Waals surface area contributed by atoms with Gasteiger partial charge < -0.3 is 10.1 Å². The van der Waals surface area contributed by atoms with Crippen molar-refractivity contribution in [2.24, 2.45) is 5.92 Å². The zero-order valence-corrected chi connectivity index (χ0v) is 12.4. The van der Waals surface area contributed by atoms with Gasteiger partial charge in [0.1, 0.15) is 5.75 Å². The number of aromatic nitrogens is 1. The Balaban J connectivity index is 1.98. The van der Waals surface area contributed by atoms with Gasteiger partial charge in [0.05, 0.1) is 12.3 Å². The van der Waals surface area contributed by atoms with Gasteiger partial charge in [-0.2, -0.15) is 0 Å². The fourth-order valence-electron chi connectivity index (χ4n) is 2.64. The lowest BCUT2D eigenvalue weighted by molar-refractivity contribution is 0.127. The van der Waals surface area contributed by atoms with E-state index in [-0.39, 0.29) is 0 Å². The van der Waals surface area contributed by atoms with E-state index in [4.69, 9.17) is 4.74 Å². The van der Waals surface area contributed by atoms with Gasteiger partial charge in [0.25, 0.3) is 0 Å². The minimum Gasteiger partial charge on any atom is -0.488 e. The molecule has 0 aromatic carbocycles. The second-order valence-corrected chi connectivity index (χ2v) is 6.03. The number of nitrogens with zero attached hydrogens (tertiary/aromatic N) is 1. The summed E-state index contributed by atoms with van der Waals surface area (Å²) in [6.07, 6.45) is 9.04. The van der Waals surface area contributed by atoms with Crippen molar-refractivity contribution in [3.8, 4) is 5.75 Å². The van der Waals surface area contributed by atoms with Crippen LogP contribution in [0.4, 0.5) is 0 Å². The van der Waals surface area contributed by atoms with Crippen molar-refractivity contribution in [1.82, 2.24) is 10.3 Å². The predicted molar refractivity (Wildman–Crippen MR) is 78.3 cm³/mol. The highest BCUT2D eigenvalue weighted by atomic mass is 16.5. The maximum absolute atomic E-state index is 6.19. The Hall–Kier alpha value is -1.09. The molecule has 1 fully saturated rings. The molecular formula is C16H26N2O. The maximum Gasteiger partial charge on any atom is 0.142 e. The van der Waals surface area contributed by atoms with E-state index in [0.29, 0.717) is 12.1 Å². The normalized spacial score (nSPS) is 23.6. The lowest BCUT2D eigenvalue weighted by atomic mass is 9.89. The molecule has 19 heavy (non-hydrogen) atoms. The van der Waals surface area contributed by atoms with Crippen LogP contribution in [0.1, 0.15) is 52.0 Å². The Labute approximate surface area is 116 Å². The first-order valence-electron chi connectivity index (χ1n) is 7.48. The Morgan fingerprint density at radius 1 is 1.42 bits per heavy atom. The molecule has 2 unspecified atom stereocenters. The largest absolute Gasteiger partial charge is 0.488 e. The zero-order chi connectivity index (χ0) is 13.7. The lowest BCUT2D eigenvalue weighted by Gasteiger charge is -2.28. The second-order valence-electron chi connectivity index (χ2n) is 6.03. The van der Waals surface area contributed by atoms with Gasteiger partial charge in [-0.05, 0) is 31.2 Å². The van der Waals surface area contributed by atoms with Crippen LogP contribution < -0.4 is 10.1 Å². The van der Waals surface area contributed by atoms with E-state index in [2.05, 4.69) is 37.1 Å². The fraction of sp³-hybridized carbons (Fsp3) is 0.688. The van der Waals surface area contributed by atoms with Crippen molar-refractivity contribution in [2.45, 2.75) is 65.1 Å². The highest BCUT2D eigenvalue weighted by Crippen LogP contribution is 2.28. The van der Waals surface area contributed by atoms with Crippen LogP contribution in [0.25, 0.3) is 0 Å². The van der Waals surface area contributed by atoms with E-state index in [1.807, 2.05) is 12.4 Å². The van der Waals surface area contributed by atoms with Crippen molar-refractivity contribution < 1.29 is 4.74 Å². The SMILES string of the molecule is CC1CCCC(Oc2cnccc2CNC(C)C)C1. The van der Waals surface area contributed by atoms with Crippen molar-refractivity contribution in [3.63, 3.8) is 0 Å². The van der Waals surface area contributed by atoms with Gasteiger partial charge in [0, 0.05) is 24.3 Å². The number of hydrogen-bond acceptors (Lipinski definition) is 3. The Morgan fingerprint density at radius 2 is 2.26 bits per heavy atom. The van der Waals surface area contributed by atoms with Crippen LogP contribution in [0.5, 0.6) is 5.75 Å². The molecule has 1 heterocycles. The number of nitrogens with one attached hydrogen (secondary N) is 1. The predicted octanol–water partition coefficient (Wildman–Crippen LogP) is 3.54. The first-order valence-corrected chi connectivity index (χ1v) is 7.48. The van der Waals surface area contributed by atoms with Crippen LogP contribution in [-0.4, -0.2) is 17.1 Å². The van der Waals surface area contributed by atoms with Gasteiger partial charge in [-0.1, -0.05) is 27.2 Å². The smallest absolute Gasteiger partial charge is 0.142 e. The van der Waals surface area contributed by atoms with Gasteiger partial charge in [0.2, 0.25) is 0 Å². The van der Waals surface area contributed by atoms with Crippen LogP contribution in [0.15, 0.2) is 18.5 Å². The molecular weight excluding hydrogens is 236 g/mol. The molecule has 1 aromatic rings. The number of pyridine rings is 1. The molecule has 1 aliphatic rings. The average molecular weight is 262 g/mol. The summed E-state index contributed by atoms with van der Waals surface area (Å²) < 4.78 is 6.19. The highest BCUT2D eigenvalue weighted by Gasteiger charge is 2.21. The molecule has 3 heteroatoms. The minimum absolute atomic E-state index is 0.366. The molecule has 0 spiro atoms. The number of hydrogen-bond donors (Lipinski definition) is 1. The van der Waals surface area contributed by atoms with Crippen LogP contribution in [-0.2, 0) is 6.54 Å². The molecule has 3 nitrogen and oxygen atoms in total. The maximum atomic E-state index is 6.19. The van der Waals surface area contributed by atoms with Gasteiger partial charge in [-0.25, -0.2) is 0 Å². The summed E-state index contributed by atoms with van der Waals surface area (Å²) in [5, 5.41) is 3.44. The fourth-order valence-corrected chi connectivity index (χ4v) is 2.64. The lowest BCUT2D eigenvalue weighted by Crippen LogP contribution is -2.26. The molecule has 1 aliphatic carbocycles. The Bertz CT molecular complexity index is 392. The number of ether oxygens (including phenoxy) is 1. The first kappa shape index (κ1) is 14.3. The molecule has 1 saturated carbocycles. The summed E-state index contributed by atoms with van der Waals surface area (Å²) in [5.74, 6) is 1.74. The third-order valence-corrected chi connectivity index (χ3v) is 3.75. The van der Waals surface area contributed by atoms with Gasteiger partial charge in [-0.3, -0.25) is 4.98 Å². The van der Waals surface area contributed by atoms with E-state index in [9.17, 15) is 0 Å². The number of rotatable bonds is 5. The van der Waals surface area contributed by atoms with Gasteiger partial charge in [-0.15, -0.1) is 0 Å². The highest BCUT2D eigenvalue weighted by molar-refractivity contribution is 5.30. The van der Waals surface area contributed by atoms with Crippen molar-refractivity contribution in [3.05, 3.63) is 24.0 Å². The van der Waals surface area contributed by atoms with Crippen LogP contribution in [0, 0.1) is 5.92 Å². The summed E-state index contributed by atoms with van der Waals surface area (Å²) in [4.78, 5) is 4.20. The van der Waals surface area contributed by atoms with Gasteiger partial charge >= 0.3 is 0 Å². The summed E-state index contributed by atoms with van der Waals surface area (Å²) in [6.45, 7) is 7.48. The van der Waals surface area contributed by atoms with E-state index >= 15 is 0 Å². The molecule has 0 aliphatic heterocycles. The molecule has 0 saturated heterocycles. The molecule has 0 amide bonds. The van der Waals surface area contributed by atoms with Gasteiger partial charge in [0.15, 0.2) is 0 Å². The molecule has 1 N–H and O–H groups in total. The van der Waals surface area contributed by atoms with Crippen molar-refractivity contribution >= 4 is 0 Å². The summed E-state index contributed by atoms with van der Waals surface area (Å²) in [7, 11) is 0. The molecule has 2 rings (SSSR count). The monoisotopic (exact) mass is 262 g/mol. The summed E-state index contributed by atoms with van der Waals surface area (Å²) in [5.41, 5.74) is 1.21. The van der Waals surface area contributed by atoms with E-state index in [0.717, 1.165) is 18.2 Å². The zero-order valence-electron chi connectivity index (χ0n) is 12.4. The van der Waals surface area contributed by atoms with E-state index in [1.54, 1.807) is 0 Å². The third kappa shape index (κ3) is 4.50. The topological polar surface area (TPSA) is 34.1 Å². The van der Waals surface area contributed by atoms with Crippen LogP contribution in [0.3, 0.4) is 0 Å². The molecule has 106 valence electrons. The Morgan fingerprint density at radius 3 is 3.00 bits per heavy atom. The van der Waals surface area contributed by atoms with E-state index < -0.39 is 0 Å². The van der Waals surface area contributed by atoms with Crippen LogP contribution >= 0.6 is 0 Å². The minimum atomic E-state index is 0.366. The van der Waals surface area contributed by atoms with E-state index in [1.165, 1.54) is 31.2 Å². The third-order valence-electron chi connectivity index (χ3n) is 3.75. The Kier molecular flexibility index (Phi) is 5.20. The van der Waals surface area contributed by atoms with Crippen molar-refractivity contribution in [1.29, 1.82) is 0 Å².